The third-order valence-corrected chi connectivity index (χ3v) is 6.74. The van der Waals surface area contributed by atoms with E-state index in [0.717, 1.165) is 58.7 Å². The van der Waals surface area contributed by atoms with Crippen LogP contribution in [0.25, 0.3) is 16.9 Å². The summed E-state index contributed by atoms with van der Waals surface area (Å²) in [5, 5.41) is 0.684. The molecule has 0 fully saturated rings. The lowest BCUT2D eigenvalue weighted by Crippen LogP contribution is -2.23. The van der Waals surface area contributed by atoms with Crippen LogP contribution in [-0.2, 0) is 6.42 Å². The van der Waals surface area contributed by atoms with E-state index in [0.29, 0.717) is 17.5 Å². The Balaban J connectivity index is 1.27. The Hall–Kier alpha value is -4.29. The van der Waals surface area contributed by atoms with Gasteiger partial charge in [0.05, 0.1) is 12.2 Å². The molecule has 0 aliphatic heterocycles. The van der Waals surface area contributed by atoms with Crippen LogP contribution in [0, 0.1) is 5.92 Å². The highest BCUT2D eigenvalue weighted by Gasteiger charge is 2.13. The molecule has 0 unspecified atom stereocenters. The van der Waals surface area contributed by atoms with Crippen LogP contribution in [0.1, 0.15) is 19.7 Å². The van der Waals surface area contributed by atoms with Crippen molar-refractivity contribution in [2.75, 3.05) is 25.1 Å². The number of anilines is 1. The smallest absolute Gasteiger partial charge is 0.127 e. The second-order valence-electron chi connectivity index (χ2n) is 10.1. The Morgan fingerprint density at radius 1 is 0.825 bits per heavy atom. The van der Waals surface area contributed by atoms with Crippen molar-refractivity contribution in [3.05, 3.63) is 114 Å². The number of likely N-dealkylation sites (N-methyl/N-ethyl adjacent to an activating group) is 1. The zero-order valence-corrected chi connectivity index (χ0v) is 23.8. The molecule has 0 aliphatic carbocycles. The maximum absolute atomic E-state index is 6.00. The highest BCUT2D eigenvalue weighted by molar-refractivity contribution is 6.30. The first kappa shape index (κ1) is 27.3. The van der Waals surface area contributed by atoms with Gasteiger partial charge in [-0.1, -0.05) is 25.4 Å². The fourth-order valence-electron chi connectivity index (χ4n) is 4.35. The number of benzene rings is 3. The van der Waals surface area contributed by atoms with Crippen LogP contribution in [-0.4, -0.2) is 34.7 Å². The van der Waals surface area contributed by atoms with Gasteiger partial charge in [-0.15, -0.1) is 0 Å². The lowest BCUT2D eigenvalue weighted by atomic mass is 10.1. The predicted molar refractivity (Wildman–Crippen MR) is 162 cm³/mol. The summed E-state index contributed by atoms with van der Waals surface area (Å²) in [6.07, 6.45) is 6.57. The molecular formula is C33H33ClN4O2. The summed E-state index contributed by atoms with van der Waals surface area (Å²) in [6, 6.07) is 27.5. The van der Waals surface area contributed by atoms with Crippen LogP contribution in [0.3, 0.4) is 0 Å². The molecule has 0 aliphatic rings. The molecular weight excluding hydrogens is 520 g/mol. The highest BCUT2D eigenvalue weighted by Crippen LogP contribution is 2.28. The third kappa shape index (κ3) is 7.01. The normalized spacial score (nSPS) is 11.0. The molecule has 3 aromatic carbocycles. The van der Waals surface area contributed by atoms with Crippen LogP contribution in [0.15, 0.2) is 104 Å². The molecule has 0 saturated heterocycles. The Kier molecular flexibility index (Phi) is 8.67. The zero-order chi connectivity index (χ0) is 27.9. The SMILES string of the molecule is CC(C)Cc1nc(-c2ccc(OCCN(C)c3ccncc3)cc2)cn1-c1ccc(Oc2ccc(Cl)cc2)cc1. The van der Waals surface area contributed by atoms with Gasteiger partial charge in [-0.2, -0.15) is 0 Å². The fourth-order valence-corrected chi connectivity index (χ4v) is 4.48. The maximum Gasteiger partial charge on any atom is 0.127 e. The van der Waals surface area contributed by atoms with Crippen molar-refractivity contribution in [3.8, 4) is 34.2 Å². The monoisotopic (exact) mass is 552 g/mol. The Morgan fingerprint density at radius 2 is 1.45 bits per heavy atom. The maximum atomic E-state index is 6.00. The van der Waals surface area contributed by atoms with E-state index < -0.39 is 0 Å². The number of hydrogen-bond donors (Lipinski definition) is 0. The number of rotatable bonds is 11. The van der Waals surface area contributed by atoms with E-state index in [4.69, 9.17) is 26.1 Å². The topological polar surface area (TPSA) is 52.4 Å². The first-order chi connectivity index (χ1) is 19.4. The fraction of sp³-hybridized carbons (Fsp3) is 0.212. The lowest BCUT2D eigenvalue weighted by Gasteiger charge is -2.19. The van der Waals surface area contributed by atoms with E-state index in [-0.39, 0.29) is 0 Å². The number of imidazole rings is 1. The molecule has 0 atom stereocenters. The van der Waals surface area contributed by atoms with Gasteiger partial charge in [0.25, 0.3) is 0 Å². The van der Waals surface area contributed by atoms with Gasteiger partial charge in [-0.25, -0.2) is 4.98 Å². The van der Waals surface area contributed by atoms with Crippen LogP contribution in [0.4, 0.5) is 5.69 Å². The molecule has 0 radical (unpaired) electrons. The molecule has 0 bridgehead atoms. The van der Waals surface area contributed by atoms with Gasteiger partial charge in [-0.05, 0) is 90.8 Å². The van der Waals surface area contributed by atoms with Crippen molar-refractivity contribution >= 4 is 17.3 Å². The predicted octanol–water partition coefficient (Wildman–Crippen LogP) is 8.09. The standard InChI is InChI=1S/C33H33ClN4O2/c1-24(2)22-33-36-32(23-38(33)28-8-14-31(15-9-28)40-30-12-6-26(34)7-13-30)25-4-10-29(11-5-25)39-21-20-37(3)27-16-18-35-19-17-27/h4-19,23-24H,20-22H2,1-3H3. The van der Waals surface area contributed by atoms with Gasteiger partial charge in [0.15, 0.2) is 0 Å². The summed E-state index contributed by atoms with van der Waals surface area (Å²) in [7, 11) is 2.05. The lowest BCUT2D eigenvalue weighted by molar-refractivity contribution is 0.326. The van der Waals surface area contributed by atoms with Crippen molar-refractivity contribution in [1.29, 1.82) is 0 Å². The number of pyridine rings is 1. The van der Waals surface area contributed by atoms with Crippen molar-refractivity contribution < 1.29 is 9.47 Å². The number of aromatic nitrogens is 3. The average molecular weight is 553 g/mol. The minimum absolute atomic E-state index is 0.475. The highest BCUT2D eigenvalue weighted by atomic mass is 35.5. The second-order valence-corrected chi connectivity index (χ2v) is 10.5. The molecule has 0 saturated carbocycles. The van der Waals surface area contributed by atoms with E-state index in [1.165, 1.54) is 0 Å². The number of ether oxygens (including phenoxy) is 2. The first-order valence-electron chi connectivity index (χ1n) is 13.4. The Labute approximate surface area is 240 Å². The van der Waals surface area contributed by atoms with Gasteiger partial charge in [0.1, 0.15) is 29.7 Å². The van der Waals surface area contributed by atoms with Crippen molar-refractivity contribution in [1.82, 2.24) is 14.5 Å². The molecule has 5 aromatic rings. The van der Waals surface area contributed by atoms with Gasteiger partial charge in [-0.3, -0.25) is 4.98 Å². The van der Waals surface area contributed by atoms with Crippen LogP contribution >= 0.6 is 11.6 Å². The molecule has 2 aromatic heterocycles. The van der Waals surface area contributed by atoms with Crippen molar-refractivity contribution in [3.63, 3.8) is 0 Å². The van der Waals surface area contributed by atoms with Crippen LogP contribution < -0.4 is 14.4 Å². The summed E-state index contributed by atoms with van der Waals surface area (Å²) in [5.41, 5.74) is 4.13. The minimum atomic E-state index is 0.475. The number of nitrogens with zero attached hydrogens (tertiary/aromatic N) is 4. The molecule has 0 N–H and O–H groups in total. The van der Waals surface area contributed by atoms with Crippen LogP contribution in [0.2, 0.25) is 5.02 Å². The molecule has 0 amide bonds. The van der Waals surface area contributed by atoms with E-state index >= 15 is 0 Å². The quantitative estimate of drug-likeness (QED) is 0.166. The Morgan fingerprint density at radius 3 is 2.10 bits per heavy atom. The molecule has 40 heavy (non-hydrogen) atoms. The van der Waals surface area contributed by atoms with Crippen molar-refractivity contribution in [2.24, 2.45) is 5.92 Å². The first-order valence-corrected chi connectivity index (χ1v) is 13.8. The summed E-state index contributed by atoms with van der Waals surface area (Å²) in [6.45, 7) is 5.78. The zero-order valence-electron chi connectivity index (χ0n) is 23.0. The van der Waals surface area contributed by atoms with Gasteiger partial charge >= 0.3 is 0 Å². The summed E-state index contributed by atoms with van der Waals surface area (Å²) < 4.78 is 14.1. The molecule has 5 rings (SSSR count). The number of halogens is 1. The molecule has 6 nitrogen and oxygen atoms in total. The van der Waals surface area contributed by atoms with Crippen molar-refractivity contribution in [2.45, 2.75) is 20.3 Å². The summed E-state index contributed by atoms with van der Waals surface area (Å²) in [4.78, 5) is 11.2. The molecule has 204 valence electrons. The molecule has 0 spiro atoms. The molecule has 2 heterocycles. The second kappa shape index (κ2) is 12.7. The summed E-state index contributed by atoms with van der Waals surface area (Å²) >= 11 is 5.98. The van der Waals surface area contributed by atoms with E-state index in [1.807, 2.05) is 67.7 Å². The minimum Gasteiger partial charge on any atom is -0.492 e. The van der Waals surface area contributed by atoms with E-state index in [9.17, 15) is 0 Å². The number of hydrogen-bond acceptors (Lipinski definition) is 5. The van der Waals surface area contributed by atoms with Gasteiger partial charge in [0, 0.05) is 54.0 Å². The molecule has 7 heteroatoms. The largest absolute Gasteiger partial charge is 0.492 e. The van der Waals surface area contributed by atoms with Crippen LogP contribution in [0.5, 0.6) is 17.2 Å². The van der Waals surface area contributed by atoms with Gasteiger partial charge < -0.3 is 18.9 Å². The Bertz CT molecular complexity index is 1500. The summed E-state index contributed by atoms with van der Waals surface area (Å²) in [5.74, 6) is 3.85. The third-order valence-electron chi connectivity index (χ3n) is 6.48. The van der Waals surface area contributed by atoms with Gasteiger partial charge in [0.2, 0.25) is 0 Å². The average Bonchev–Trinajstić information content (AvgIpc) is 3.38. The van der Waals surface area contributed by atoms with E-state index in [1.54, 1.807) is 12.4 Å². The van der Waals surface area contributed by atoms with E-state index in [2.05, 4.69) is 58.8 Å².